The minimum Gasteiger partial charge on any atom is -0.398 e. The van der Waals surface area contributed by atoms with Crippen molar-refractivity contribution in [3.63, 3.8) is 0 Å². The molecule has 5 heteroatoms. The van der Waals surface area contributed by atoms with Gasteiger partial charge in [0.15, 0.2) is 0 Å². The van der Waals surface area contributed by atoms with E-state index in [0.29, 0.717) is 0 Å². The molecule has 0 N–H and O–H groups in total. The highest BCUT2D eigenvalue weighted by atomic mass is 16.7. The summed E-state index contributed by atoms with van der Waals surface area (Å²) < 4.78 is 14.2. The zero-order chi connectivity index (χ0) is 15.3. The summed E-state index contributed by atoms with van der Waals surface area (Å²) in [7, 11) is -0.406. The number of hydrogen-bond donors (Lipinski definition) is 0. The van der Waals surface area contributed by atoms with Crippen LogP contribution in [-0.2, 0) is 9.31 Å². The molecule has 0 aliphatic carbocycles. The first-order chi connectivity index (χ1) is 9.80. The van der Waals surface area contributed by atoms with Crippen molar-refractivity contribution in [1.82, 2.24) is 9.78 Å². The van der Waals surface area contributed by atoms with Gasteiger partial charge in [0, 0.05) is 0 Å². The van der Waals surface area contributed by atoms with E-state index in [4.69, 9.17) is 9.31 Å². The van der Waals surface area contributed by atoms with Gasteiger partial charge in [-0.1, -0.05) is 18.2 Å². The van der Waals surface area contributed by atoms with E-state index in [-0.39, 0.29) is 11.2 Å². The summed E-state index contributed by atoms with van der Waals surface area (Å²) in [5.41, 5.74) is 2.19. The lowest BCUT2D eigenvalue weighted by atomic mass is 9.84. The largest absolute Gasteiger partial charge is 0.514 e. The van der Waals surface area contributed by atoms with Crippen molar-refractivity contribution in [2.75, 3.05) is 0 Å². The summed E-state index contributed by atoms with van der Waals surface area (Å²) in [4.78, 5) is 0. The van der Waals surface area contributed by atoms with Crippen LogP contribution in [-0.4, -0.2) is 28.1 Å². The maximum atomic E-state index is 6.14. The average Bonchev–Trinajstić information content (AvgIpc) is 2.89. The highest BCUT2D eigenvalue weighted by molar-refractivity contribution is 6.61. The second-order valence-electron chi connectivity index (χ2n) is 6.55. The van der Waals surface area contributed by atoms with Crippen molar-refractivity contribution in [3.05, 3.63) is 42.1 Å². The summed E-state index contributed by atoms with van der Waals surface area (Å²) in [6.45, 7) is 10.2. The Morgan fingerprint density at radius 3 is 2.14 bits per heavy atom. The van der Waals surface area contributed by atoms with Gasteiger partial charge in [-0.2, -0.15) is 5.10 Å². The second kappa shape index (κ2) is 4.72. The Balaban J connectivity index is 2.02. The topological polar surface area (TPSA) is 36.3 Å². The Labute approximate surface area is 126 Å². The standard InChI is InChI=1S/C16H21BN2O2/c1-12-11-14(17-20-15(2,3)16(4,5)21-17)19(18-12)13-9-7-6-8-10-13/h6-11H,1-5H3. The molecule has 0 amide bonds. The molecule has 2 heterocycles. The van der Waals surface area contributed by atoms with Gasteiger partial charge in [0.25, 0.3) is 0 Å². The molecule has 4 nitrogen and oxygen atoms in total. The smallest absolute Gasteiger partial charge is 0.398 e. The minimum absolute atomic E-state index is 0.350. The third kappa shape index (κ3) is 2.41. The van der Waals surface area contributed by atoms with Gasteiger partial charge in [-0.05, 0) is 52.8 Å². The molecular weight excluding hydrogens is 263 g/mol. The first kappa shape index (κ1) is 14.4. The molecule has 1 aromatic carbocycles. The number of para-hydroxylation sites is 1. The molecule has 0 unspecified atom stereocenters. The van der Waals surface area contributed by atoms with E-state index < -0.39 is 7.12 Å². The number of aryl methyl sites for hydroxylation is 1. The summed E-state index contributed by atoms with van der Waals surface area (Å²) in [6, 6.07) is 12.1. The fourth-order valence-electron chi connectivity index (χ4n) is 2.43. The lowest BCUT2D eigenvalue weighted by Gasteiger charge is -2.32. The van der Waals surface area contributed by atoms with Crippen LogP contribution in [0, 0.1) is 6.92 Å². The molecular formula is C16H21BN2O2. The first-order valence-electron chi connectivity index (χ1n) is 7.28. The maximum absolute atomic E-state index is 6.14. The Morgan fingerprint density at radius 1 is 1.00 bits per heavy atom. The van der Waals surface area contributed by atoms with E-state index >= 15 is 0 Å². The Hall–Kier alpha value is -1.59. The van der Waals surface area contributed by atoms with E-state index in [1.54, 1.807) is 0 Å². The molecule has 1 saturated heterocycles. The summed E-state index contributed by atoms with van der Waals surface area (Å²) in [6.07, 6.45) is 0. The molecule has 3 rings (SSSR count). The van der Waals surface area contributed by atoms with Crippen LogP contribution in [0.2, 0.25) is 0 Å². The summed E-state index contributed by atoms with van der Waals surface area (Å²) in [5, 5.41) is 4.58. The maximum Gasteiger partial charge on any atom is 0.514 e. The Kier molecular flexibility index (Phi) is 3.22. The van der Waals surface area contributed by atoms with Crippen LogP contribution in [0.5, 0.6) is 0 Å². The Morgan fingerprint density at radius 2 is 1.57 bits per heavy atom. The predicted molar refractivity (Wildman–Crippen MR) is 84.0 cm³/mol. The third-order valence-corrected chi connectivity index (χ3v) is 4.35. The van der Waals surface area contributed by atoms with Crippen LogP contribution in [0.1, 0.15) is 33.4 Å². The molecule has 0 saturated carbocycles. The quantitative estimate of drug-likeness (QED) is 0.795. The van der Waals surface area contributed by atoms with Crippen molar-refractivity contribution in [1.29, 1.82) is 0 Å². The Bertz CT molecular complexity index is 634. The fraction of sp³-hybridized carbons (Fsp3) is 0.438. The molecule has 21 heavy (non-hydrogen) atoms. The van der Waals surface area contributed by atoms with E-state index in [1.807, 2.05) is 48.0 Å². The molecule has 2 aromatic rings. The highest BCUT2D eigenvalue weighted by Crippen LogP contribution is 2.36. The fourth-order valence-corrected chi connectivity index (χ4v) is 2.43. The number of hydrogen-bond acceptors (Lipinski definition) is 3. The average molecular weight is 284 g/mol. The minimum atomic E-state index is -0.406. The lowest BCUT2D eigenvalue weighted by molar-refractivity contribution is 0.00578. The van der Waals surface area contributed by atoms with Crippen molar-refractivity contribution < 1.29 is 9.31 Å². The van der Waals surface area contributed by atoms with Gasteiger partial charge < -0.3 is 9.31 Å². The molecule has 0 spiro atoms. The zero-order valence-corrected chi connectivity index (χ0v) is 13.3. The first-order valence-corrected chi connectivity index (χ1v) is 7.28. The van der Waals surface area contributed by atoms with E-state index in [9.17, 15) is 0 Å². The summed E-state index contributed by atoms with van der Waals surface area (Å²) >= 11 is 0. The van der Waals surface area contributed by atoms with E-state index in [2.05, 4.69) is 32.8 Å². The lowest BCUT2D eigenvalue weighted by Crippen LogP contribution is -2.41. The molecule has 0 radical (unpaired) electrons. The molecule has 1 aliphatic rings. The number of nitrogens with zero attached hydrogens (tertiary/aromatic N) is 2. The van der Waals surface area contributed by atoms with Crippen molar-refractivity contribution in [2.24, 2.45) is 0 Å². The SMILES string of the molecule is Cc1cc(B2OC(C)(C)C(C)(C)O2)n(-c2ccccc2)n1. The molecule has 0 atom stereocenters. The predicted octanol–water partition coefficient (Wildman–Crippen LogP) is 2.48. The van der Waals surface area contributed by atoms with Crippen LogP contribution in [0.15, 0.2) is 36.4 Å². The molecule has 1 aromatic heterocycles. The summed E-state index contributed by atoms with van der Waals surface area (Å²) in [5.74, 6) is 0. The van der Waals surface area contributed by atoms with Crippen LogP contribution < -0.4 is 5.59 Å². The van der Waals surface area contributed by atoms with Gasteiger partial charge in [-0.3, -0.25) is 0 Å². The van der Waals surface area contributed by atoms with Crippen molar-refractivity contribution in [2.45, 2.75) is 45.8 Å². The number of benzene rings is 1. The van der Waals surface area contributed by atoms with Crippen LogP contribution in [0.25, 0.3) is 5.69 Å². The molecule has 1 fully saturated rings. The van der Waals surface area contributed by atoms with Gasteiger partial charge in [-0.25, -0.2) is 4.68 Å². The van der Waals surface area contributed by atoms with Crippen LogP contribution in [0.3, 0.4) is 0 Å². The van der Waals surface area contributed by atoms with Gasteiger partial charge in [-0.15, -0.1) is 0 Å². The van der Waals surface area contributed by atoms with E-state index in [0.717, 1.165) is 17.0 Å². The van der Waals surface area contributed by atoms with Gasteiger partial charge >= 0.3 is 7.12 Å². The van der Waals surface area contributed by atoms with E-state index in [1.165, 1.54) is 0 Å². The van der Waals surface area contributed by atoms with Crippen LogP contribution in [0.4, 0.5) is 0 Å². The monoisotopic (exact) mass is 284 g/mol. The van der Waals surface area contributed by atoms with Crippen molar-refractivity contribution >= 4 is 12.7 Å². The van der Waals surface area contributed by atoms with Crippen LogP contribution >= 0.6 is 0 Å². The van der Waals surface area contributed by atoms with Crippen molar-refractivity contribution in [3.8, 4) is 5.69 Å². The number of rotatable bonds is 2. The normalized spacial score (nSPS) is 20.0. The van der Waals surface area contributed by atoms with Gasteiger partial charge in [0.05, 0.1) is 28.2 Å². The highest BCUT2D eigenvalue weighted by Gasteiger charge is 2.53. The second-order valence-corrected chi connectivity index (χ2v) is 6.55. The number of aromatic nitrogens is 2. The molecule has 1 aliphatic heterocycles. The zero-order valence-electron chi connectivity index (χ0n) is 13.3. The molecule has 110 valence electrons. The third-order valence-electron chi connectivity index (χ3n) is 4.35. The molecule has 0 bridgehead atoms. The van der Waals surface area contributed by atoms with Gasteiger partial charge in [0.2, 0.25) is 0 Å². The van der Waals surface area contributed by atoms with Gasteiger partial charge in [0.1, 0.15) is 0 Å².